The van der Waals surface area contributed by atoms with Crippen LogP contribution in [0.5, 0.6) is 0 Å². The van der Waals surface area contributed by atoms with Gasteiger partial charge in [0.15, 0.2) is 0 Å². The molecule has 3 nitrogen and oxygen atoms in total. The Balaban J connectivity index is 1.92. The van der Waals surface area contributed by atoms with Gasteiger partial charge in [0.2, 0.25) is 0 Å². The summed E-state index contributed by atoms with van der Waals surface area (Å²) in [5, 5.41) is 7.42. The highest BCUT2D eigenvalue weighted by Gasteiger charge is 2.00. The van der Waals surface area contributed by atoms with E-state index < -0.39 is 0 Å². The Morgan fingerprint density at radius 1 is 1.20 bits per heavy atom. The zero-order valence-corrected chi connectivity index (χ0v) is 9.54. The van der Waals surface area contributed by atoms with E-state index in [-0.39, 0.29) is 0 Å². The number of hydrogen-bond acceptors (Lipinski definition) is 4. The third kappa shape index (κ3) is 2.87. The Labute approximate surface area is 97.5 Å². The summed E-state index contributed by atoms with van der Waals surface area (Å²) < 4.78 is 2.51. The molecule has 1 aromatic carbocycles. The Bertz CT molecular complexity index is 425. The fourth-order valence-electron chi connectivity index (χ4n) is 1.09. The average Bonchev–Trinajstić information content (AvgIpc) is 2.81. The van der Waals surface area contributed by atoms with E-state index in [0.29, 0.717) is 0 Å². The number of nitrogens with zero attached hydrogens (tertiary/aromatic N) is 3. The number of thioether (sulfide) groups is 1. The first-order chi connectivity index (χ1) is 7.36. The molecule has 0 spiro atoms. The van der Waals surface area contributed by atoms with Gasteiger partial charge in [0.05, 0.1) is 0 Å². The van der Waals surface area contributed by atoms with E-state index in [9.17, 15) is 0 Å². The molecule has 0 saturated carbocycles. The van der Waals surface area contributed by atoms with Crippen molar-refractivity contribution < 1.29 is 0 Å². The highest BCUT2D eigenvalue weighted by Crippen LogP contribution is 2.14. The smallest absolute Gasteiger partial charge is 0.147 e. The Hall–Kier alpha value is -1.20. The predicted octanol–water partition coefficient (Wildman–Crippen LogP) is 2.34. The third-order valence-electron chi connectivity index (χ3n) is 1.83. The minimum Gasteiger partial charge on any atom is -0.273 e. The molecule has 0 aliphatic carbocycles. The molecule has 0 fully saturated rings. The molecule has 2 rings (SSSR count). The fraction of sp³-hybridized carbons (Fsp3) is 0.100. The van der Waals surface area contributed by atoms with Crippen LogP contribution in [0.3, 0.4) is 0 Å². The van der Waals surface area contributed by atoms with Crippen LogP contribution in [0, 0.1) is 0 Å². The lowest BCUT2D eigenvalue weighted by atomic mass is 10.2. The van der Waals surface area contributed by atoms with Crippen LogP contribution >= 0.6 is 24.0 Å². The third-order valence-corrected chi connectivity index (χ3v) is 3.33. The second-order valence-electron chi connectivity index (χ2n) is 2.91. The van der Waals surface area contributed by atoms with Gasteiger partial charge >= 0.3 is 0 Å². The van der Waals surface area contributed by atoms with Crippen molar-refractivity contribution in [3.8, 4) is 0 Å². The highest BCUT2D eigenvalue weighted by molar-refractivity contribution is 8.22. The lowest BCUT2D eigenvalue weighted by Gasteiger charge is -2.02. The molecule has 0 saturated heterocycles. The number of benzene rings is 1. The van der Waals surface area contributed by atoms with Crippen molar-refractivity contribution in [3.05, 3.63) is 48.5 Å². The number of aromatic nitrogens is 3. The maximum atomic E-state index is 5.22. The lowest BCUT2D eigenvalue weighted by molar-refractivity contribution is 1.09. The molecule has 0 N–H and O–H groups in total. The highest BCUT2D eigenvalue weighted by atomic mass is 32.2. The molecule has 0 amide bonds. The topological polar surface area (TPSA) is 30.7 Å². The van der Waals surface area contributed by atoms with Crippen molar-refractivity contribution in [2.24, 2.45) is 0 Å². The van der Waals surface area contributed by atoms with Crippen molar-refractivity contribution in [3.63, 3.8) is 0 Å². The quantitative estimate of drug-likeness (QED) is 0.748. The molecular weight excluding hydrogens is 226 g/mol. The lowest BCUT2D eigenvalue weighted by Crippen LogP contribution is -2.01. The van der Waals surface area contributed by atoms with Crippen LogP contribution in [0.4, 0.5) is 0 Å². The molecule has 0 aliphatic heterocycles. The van der Waals surface area contributed by atoms with Crippen molar-refractivity contribution in [2.75, 3.05) is 0 Å². The van der Waals surface area contributed by atoms with Gasteiger partial charge in [0, 0.05) is 5.75 Å². The molecule has 2 aromatic rings. The molecule has 0 bridgehead atoms. The van der Waals surface area contributed by atoms with Gasteiger partial charge in [0.1, 0.15) is 17.0 Å². The Morgan fingerprint density at radius 3 is 2.53 bits per heavy atom. The van der Waals surface area contributed by atoms with Crippen LogP contribution in [0.2, 0.25) is 0 Å². The van der Waals surface area contributed by atoms with Crippen LogP contribution in [-0.2, 0) is 5.75 Å². The summed E-state index contributed by atoms with van der Waals surface area (Å²) in [6.07, 6.45) is 3.22. The van der Waals surface area contributed by atoms with E-state index in [1.165, 1.54) is 5.56 Å². The van der Waals surface area contributed by atoms with Crippen LogP contribution in [0.25, 0.3) is 0 Å². The molecule has 0 atom stereocenters. The van der Waals surface area contributed by atoms with Crippen LogP contribution in [-0.4, -0.2) is 19.1 Å². The van der Waals surface area contributed by atoms with E-state index in [1.54, 1.807) is 29.0 Å². The Morgan fingerprint density at radius 2 is 1.87 bits per heavy atom. The SMILES string of the molecule is S=C(SCc1ccccc1)n1cnnc1. The van der Waals surface area contributed by atoms with Gasteiger partial charge in [-0.1, -0.05) is 54.3 Å². The average molecular weight is 235 g/mol. The summed E-state index contributed by atoms with van der Waals surface area (Å²) in [5.41, 5.74) is 1.26. The van der Waals surface area contributed by atoms with Gasteiger partial charge in [-0.05, 0) is 5.56 Å². The molecule has 1 aromatic heterocycles. The molecule has 0 unspecified atom stereocenters. The first kappa shape index (κ1) is 10.3. The van der Waals surface area contributed by atoms with Crippen LogP contribution in [0.1, 0.15) is 5.56 Å². The second kappa shape index (κ2) is 5.04. The van der Waals surface area contributed by atoms with Crippen molar-refractivity contribution in [2.45, 2.75) is 5.75 Å². The van der Waals surface area contributed by atoms with Crippen molar-refractivity contribution >= 4 is 28.3 Å². The van der Waals surface area contributed by atoms with Gasteiger partial charge in [-0.15, -0.1) is 10.2 Å². The molecule has 5 heteroatoms. The minimum absolute atomic E-state index is 0.767. The summed E-state index contributed by atoms with van der Waals surface area (Å²) in [6, 6.07) is 10.2. The van der Waals surface area contributed by atoms with E-state index in [2.05, 4.69) is 22.3 Å². The minimum atomic E-state index is 0.767. The molecule has 15 heavy (non-hydrogen) atoms. The van der Waals surface area contributed by atoms with Gasteiger partial charge in [0.25, 0.3) is 0 Å². The van der Waals surface area contributed by atoms with Gasteiger partial charge in [-0.2, -0.15) is 0 Å². The van der Waals surface area contributed by atoms with Gasteiger partial charge in [-0.3, -0.25) is 4.57 Å². The molecular formula is C10H9N3S2. The maximum absolute atomic E-state index is 5.22. The van der Waals surface area contributed by atoms with Gasteiger partial charge in [-0.25, -0.2) is 0 Å². The number of rotatable bonds is 2. The summed E-state index contributed by atoms with van der Waals surface area (Å²) in [7, 11) is 0. The standard InChI is InChI=1S/C10H9N3S2/c14-10(13-7-11-12-8-13)15-6-9-4-2-1-3-5-9/h1-5,7-8H,6H2. The van der Waals surface area contributed by atoms with E-state index in [4.69, 9.17) is 12.2 Å². The van der Waals surface area contributed by atoms with Crippen molar-refractivity contribution in [1.29, 1.82) is 0 Å². The van der Waals surface area contributed by atoms with E-state index >= 15 is 0 Å². The summed E-state index contributed by atoms with van der Waals surface area (Å²) in [4.78, 5) is 0. The normalized spacial score (nSPS) is 10.1. The molecule has 1 heterocycles. The fourth-order valence-corrected chi connectivity index (χ4v) is 2.09. The number of thiocarbonyl (C=S) groups is 1. The molecule has 0 aliphatic rings. The summed E-state index contributed by atoms with van der Waals surface area (Å²) in [6.45, 7) is 0. The maximum Gasteiger partial charge on any atom is 0.147 e. The first-order valence-electron chi connectivity index (χ1n) is 4.42. The van der Waals surface area contributed by atoms with Crippen molar-refractivity contribution in [1.82, 2.24) is 14.8 Å². The van der Waals surface area contributed by atoms with Crippen LogP contribution in [0.15, 0.2) is 43.0 Å². The summed E-state index contributed by atoms with van der Waals surface area (Å²) >= 11 is 6.82. The van der Waals surface area contributed by atoms with E-state index in [0.717, 1.165) is 10.1 Å². The monoisotopic (exact) mass is 235 g/mol. The zero-order chi connectivity index (χ0) is 10.5. The van der Waals surface area contributed by atoms with Crippen LogP contribution < -0.4 is 0 Å². The second-order valence-corrected chi connectivity index (χ2v) is 4.52. The Kier molecular flexibility index (Phi) is 3.47. The number of hydrogen-bond donors (Lipinski definition) is 0. The first-order valence-corrected chi connectivity index (χ1v) is 5.81. The molecule has 76 valence electrons. The largest absolute Gasteiger partial charge is 0.273 e. The summed E-state index contributed by atoms with van der Waals surface area (Å²) in [5.74, 6) is 0.873. The van der Waals surface area contributed by atoms with Gasteiger partial charge < -0.3 is 0 Å². The zero-order valence-electron chi connectivity index (χ0n) is 7.91. The predicted molar refractivity (Wildman–Crippen MR) is 65.8 cm³/mol. The molecule has 0 radical (unpaired) electrons. The van der Waals surface area contributed by atoms with E-state index in [1.807, 2.05) is 18.2 Å².